The molecule has 1 aromatic carbocycles. The third kappa shape index (κ3) is 4.38. The molecule has 3 rings (SSSR count). The first kappa shape index (κ1) is 16.6. The van der Waals surface area contributed by atoms with Gasteiger partial charge in [0.2, 0.25) is 5.91 Å². The Morgan fingerprint density at radius 2 is 1.83 bits per heavy atom. The van der Waals surface area contributed by atoms with E-state index >= 15 is 0 Å². The molecule has 0 atom stereocenters. The predicted molar refractivity (Wildman–Crippen MR) is 91.5 cm³/mol. The molecule has 0 saturated carbocycles. The fourth-order valence-corrected chi connectivity index (χ4v) is 3.12. The number of ether oxygens (including phenoxy) is 2. The summed E-state index contributed by atoms with van der Waals surface area (Å²) in [5.41, 5.74) is 2.78. The van der Waals surface area contributed by atoms with Crippen LogP contribution in [0.5, 0.6) is 11.5 Å². The number of rotatable bonds is 5. The van der Waals surface area contributed by atoms with E-state index in [2.05, 4.69) is 15.3 Å². The van der Waals surface area contributed by atoms with Crippen molar-refractivity contribution in [2.75, 3.05) is 19.0 Å². The molecule has 0 unspecified atom stereocenters. The number of thioether (sulfide) groups is 1. The number of carbonyl (C=O) groups is 1. The molecule has 0 radical (unpaired) electrons. The second-order valence-corrected chi connectivity index (χ2v) is 6.42. The van der Waals surface area contributed by atoms with Gasteiger partial charge in [-0.1, -0.05) is 17.8 Å². The van der Waals surface area contributed by atoms with Crippen molar-refractivity contribution in [2.45, 2.75) is 25.5 Å². The van der Waals surface area contributed by atoms with Crippen LogP contribution in [0.2, 0.25) is 0 Å². The minimum atomic E-state index is -0.0577. The van der Waals surface area contributed by atoms with Gasteiger partial charge in [0, 0.05) is 17.9 Å². The molecule has 2 aromatic rings. The number of hydrogen-bond acceptors (Lipinski definition) is 6. The van der Waals surface area contributed by atoms with Crippen LogP contribution in [0.15, 0.2) is 29.4 Å². The van der Waals surface area contributed by atoms with Crippen LogP contribution < -0.4 is 14.8 Å². The molecule has 6 nitrogen and oxygen atoms in total. The maximum Gasteiger partial charge on any atom is 0.230 e. The molecule has 2 heterocycles. The van der Waals surface area contributed by atoms with E-state index in [1.807, 2.05) is 38.1 Å². The largest absolute Gasteiger partial charge is 0.486 e. The van der Waals surface area contributed by atoms with Gasteiger partial charge in [0.15, 0.2) is 16.7 Å². The van der Waals surface area contributed by atoms with Crippen LogP contribution >= 0.6 is 11.8 Å². The molecule has 0 fully saturated rings. The zero-order chi connectivity index (χ0) is 16.9. The highest BCUT2D eigenvalue weighted by Gasteiger charge is 2.12. The number of nitrogens with one attached hydrogen (secondary N) is 1. The number of aryl methyl sites for hydroxylation is 2. The van der Waals surface area contributed by atoms with E-state index in [9.17, 15) is 4.79 Å². The van der Waals surface area contributed by atoms with Crippen molar-refractivity contribution < 1.29 is 14.3 Å². The van der Waals surface area contributed by atoms with Gasteiger partial charge in [0.25, 0.3) is 0 Å². The molecule has 1 aliphatic heterocycles. The second kappa shape index (κ2) is 7.53. The summed E-state index contributed by atoms with van der Waals surface area (Å²) in [5, 5.41) is 3.52. The Labute approximate surface area is 145 Å². The fourth-order valence-electron chi connectivity index (χ4n) is 2.34. The van der Waals surface area contributed by atoms with Gasteiger partial charge in [-0.3, -0.25) is 4.79 Å². The Morgan fingerprint density at radius 1 is 1.12 bits per heavy atom. The van der Waals surface area contributed by atoms with Crippen molar-refractivity contribution in [3.8, 4) is 11.5 Å². The summed E-state index contributed by atoms with van der Waals surface area (Å²) < 4.78 is 11.0. The van der Waals surface area contributed by atoms with Crippen LogP contribution in [0, 0.1) is 13.8 Å². The van der Waals surface area contributed by atoms with Gasteiger partial charge in [-0.15, -0.1) is 0 Å². The van der Waals surface area contributed by atoms with Gasteiger partial charge in [0.1, 0.15) is 13.2 Å². The van der Waals surface area contributed by atoms with Crippen molar-refractivity contribution in [2.24, 2.45) is 0 Å². The summed E-state index contributed by atoms with van der Waals surface area (Å²) in [7, 11) is 0. The first-order valence-corrected chi connectivity index (χ1v) is 8.69. The van der Waals surface area contributed by atoms with Gasteiger partial charge < -0.3 is 14.8 Å². The summed E-state index contributed by atoms with van der Waals surface area (Å²) in [5.74, 6) is 1.70. The zero-order valence-corrected chi connectivity index (χ0v) is 14.5. The first-order chi connectivity index (χ1) is 11.6. The Hall–Kier alpha value is -2.28. The number of benzene rings is 1. The van der Waals surface area contributed by atoms with Gasteiger partial charge >= 0.3 is 0 Å². The number of aromatic nitrogens is 2. The lowest BCUT2D eigenvalue weighted by Gasteiger charge is -2.18. The minimum absolute atomic E-state index is 0.0577. The molecule has 1 N–H and O–H groups in total. The van der Waals surface area contributed by atoms with Crippen molar-refractivity contribution >= 4 is 17.7 Å². The quantitative estimate of drug-likeness (QED) is 0.662. The normalized spacial score (nSPS) is 12.8. The predicted octanol–water partition coefficient (Wildman–Crippen LogP) is 2.27. The summed E-state index contributed by atoms with van der Waals surface area (Å²) in [6, 6.07) is 7.60. The van der Waals surface area contributed by atoms with Crippen LogP contribution in [0.4, 0.5) is 0 Å². The number of amides is 1. The molecule has 0 aliphatic carbocycles. The second-order valence-electron chi connectivity index (χ2n) is 5.48. The highest BCUT2D eigenvalue weighted by atomic mass is 32.2. The Balaban J connectivity index is 1.50. The molecule has 1 amide bonds. The molecule has 126 valence electrons. The van der Waals surface area contributed by atoms with E-state index in [0.29, 0.717) is 24.9 Å². The lowest BCUT2D eigenvalue weighted by molar-refractivity contribution is -0.118. The molecular weight excluding hydrogens is 326 g/mol. The Bertz CT molecular complexity index is 732. The van der Waals surface area contributed by atoms with Gasteiger partial charge in [-0.2, -0.15) is 0 Å². The third-order valence-corrected chi connectivity index (χ3v) is 4.24. The van der Waals surface area contributed by atoms with Gasteiger partial charge in [0.05, 0.1) is 5.75 Å². The van der Waals surface area contributed by atoms with Crippen LogP contribution in [-0.2, 0) is 11.3 Å². The SMILES string of the molecule is Cc1cc(C)nc(SCC(=O)NCc2ccc3c(c2)OCCO3)n1. The van der Waals surface area contributed by atoms with E-state index in [1.165, 1.54) is 11.8 Å². The first-order valence-electron chi connectivity index (χ1n) is 7.70. The zero-order valence-electron chi connectivity index (χ0n) is 13.7. The Kier molecular flexibility index (Phi) is 5.20. The number of carbonyl (C=O) groups excluding carboxylic acids is 1. The number of nitrogens with zero attached hydrogens (tertiary/aromatic N) is 2. The van der Waals surface area contributed by atoms with E-state index in [1.54, 1.807) is 0 Å². The molecule has 7 heteroatoms. The monoisotopic (exact) mass is 345 g/mol. The molecule has 1 aromatic heterocycles. The molecule has 24 heavy (non-hydrogen) atoms. The third-order valence-electron chi connectivity index (χ3n) is 3.39. The summed E-state index contributed by atoms with van der Waals surface area (Å²) in [6.45, 7) is 5.40. The van der Waals surface area contributed by atoms with E-state index in [4.69, 9.17) is 9.47 Å². The topological polar surface area (TPSA) is 73.3 Å². The molecule has 1 aliphatic rings. The van der Waals surface area contributed by atoms with Crippen molar-refractivity contribution in [3.63, 3.8) is 0 Å². The van der Waals surface area contributed by atoms with Gasteiger partial charge in [-0.05, 0) is 37.6 Å². The van der Waals surface area contributed by atoms with E-state index in [0.717, 1.165) is 28.5 Å². The van der Waals surface area contributed by atoms with Crippen molar-refractivity contribution in [1.82, 2.24) is 15.3 Å². The molecule has 0 bridgehead atoms. The van der Waals surface area contributed by atoms with Crippen LogP contribution in [0.1, 0.15) is 17.0 Å². The minimum Gasteiger partial charge on any atom is -0.486 e. The molecule has 0 spiro atoms. The lowest BCUT2D eigenvalue weighted by Crippen LogP contribution is -2.25. The van der Waals surface area contributed by atoms with E-state index < -0.39 is 0 Å². The van der Waals surface area contributed by atoms with Crippen LogP contribution in [0.25, 0.3) is 0 Å². The summed E-state index contributed by atoms with van der Waals surface area (Å²) >= 11 is 1.34. The average Bonchev–Trinajstić information content (AvgIpc) is 2.57. The summed E-state index contributed by atoms with van der Waals surface area (Å²) in [4.78, 5) is 20.6. The van der Waals surface area contributed by atoms with Crippen molar-refractivity contribution in [1.29, 1.82) is 0 Å². The number of fused-ring (bicyclic) bond motifs is 1. The highest BCUT2D eigenvalue weighted by molar-refractivity contribution is 7.99. The molecular formula is C17H19N3O3S. The van der Waals surface area contributed by atoms with Crippen molar-refractivity contribution in [3.05, 3.63) is 41.2 Å². The smallest absolute Gasteiger partial charge is 0.230 e. The standard InChI is InChI=1S/C17H19N3O3S/c1-11-7-12(2)20-17(19-11)24-10-16(21)18-9-13-3-4-14-15(8-13)23-6-5-22-14/h3-4,7-8H,5-6,9-10H2,1-2H3,(H,18,21). The van der Waals surface area contributed by atoms with E-state index in [-0.39, 0.29) is 11.7 Å². The number of hydrogen-bond donors (Lipinski definition) is 1. The van der Waals surface area contributed by atoms with Crippen LogP contribution in [-0.4, -0.2) is 34.8 Å². The Morgan fingerprint density at radius 3 is 2.58 bits per heavy atom. The maximum atomic E-state index is 12.0. The average molecular weight is 345 g/mol. The maximum absolute atomic E-state index is 12.0. The summed E-state index contributed by atoms with van der Waals surface area (Å²) in [6.07, 6.45) is 0. The lowest BCUT2D eigenvalue weighted by atomic mass is 10.2. The highest BCUT2D eigenvalue weighted by Crippen LogP contribution is 2.30. The van der Waals surface area contributed by atoms with Gasteiger partial charge in [-0.25, -0.2) is 9.97 Å². The molecule has 0 saturated heterocycles. The van der Waals surface area contributed by atoms with Crippen LogP contribution in [0.3, 0.4) is 0 Å². The fraction of sp³-hybridized carbons (Fsp3) is 0.353.